The van der Waals surface area contributed by atoms with Crippen LogP contribution in [0.4, 0.5) is 14.5 Å². The van der Waals surface area contributed by atoms with E-state index in [1.54, 1.807) is 12.3 Å². The Labute approximate surface area is 206 Å². The number of rotatable bonds is 4. The van der Waals surface area contributed by atoms with Crippen molar-refractivity contribution in [2.24, 2.45) is 10.9 Å². The first-order valence-electron chi connectivity index (χ1n) is 11.3. The minimum atomic E-state index is -0.646. The summed E-state index contributed by atoms with van der Waals surface area (Å²) in [7, 11) is 0. The van der Waals surface area contributed by atoms with E-state index in [0.717, 1.165) is 59.7 Å². The van der Waals surface area contributed by atoms with Crippen molar-refractivity contribution in [2.75, 3.05) is 18.0 Å². The number of anilines is 1. The van der Waals surface area contributed by atoms with Crippen LogP contribution in [-0.2, 0) is 0 Å². The van der Waals surface area contributed by atoms with E-state index >= 15 is 0 Å². The molecule has 0 unspecified atom stereocenters. The van der Waals surface area contributed by atoms with Gasteiger partial charge in [0, 0.05) is 47.9 Å². The third-order valence-corrected chi connectivity index (χ3v) is 6.75. The average Bonchev–Trinajstić information content (AvgIpc) is 2.84. The number of halogens is 3. The van der Waals surface area contributed by atoms with Crippen molar-refractivity contribution in [2.45, 2.75) is 18.9 Å². The van der Waals surface area contributed by atoms with E-state index in [9.17, 15) is 8.78 Å². The Kier molecular flexibility index (Phi) is 6.36. The van der Waals surface area contributed by atoms with Crippen LogP contribution in [0.5, 0.6) is 0 Å². The van der Waals surface area contributed by atoms with Crippen LogP contribution in [0.3, 0.4) is 0 Å². The van der Waals surface area contributed by atoms with Crippen molar-refractivity contribution in [3.63, 3.8) is 0 Å². The molecule has 1 fully saturated rings. The second-order valence-corrected chi connectivity index (χ2v) is 9.09. The van der Waals surface area contributed by atoms with Gasteiger partial charge >= 0.3 is 0 Å². The van der Waals surface area contributed by atoms with Crippen LogP contribution in [0.1, 0.15) is 18.4 Å². The summed E-state index contributed by atoms with van der Waals surface area (Å²) in [4.78, 5) is 6.82. The molecule has 0 atom stereocenters. The first-order chi connectivity index (χ1) is 16.9. The number of piperidine rings is 1. The third-order valence-electron chi connectivity index (χ3n) is 6.42. The molecule has 0 saturated carbocycles. The van der Waals surface area contributed by atoms with E-state index in [2.05, 4.69) is 15.0 Å². The zero-order valence-corrected chi connectivity index (χ0v) is 19.5. The number of benzene rings is 3. The summed E-state index contributed by atoms with van der Waals surface area (Å²) in [5.41, 5.74) is 11.0. The zero-order valence-electron chi connectivity index (χ0n) is 18.8. The molecule has 8 heteroatoms. The Balaban J connectivity index is 1.76. The monoisotopic (exact) mass is 492 g/mol. The number of nitrogens with two attached hydrogens (primary N) is 1. The van der Waals surface area contributed by atoms with Gasteiger partial charge in [-0.15, -0.1) is 0 Å². The molecular formula is C27H23ClF2N4O. The predicted molar refractivity (Wildman–Crippen MR) is 136 cm³/mol. The molecule has 0 bridgehead atoms. The highest BCUT2D eigenvalue weighted by Gasteiger charge is 2.23. The van der Waals surface area contributed by atoms with Gasteiger partial charge in [0.15, 0.2) is 0 Å². The fourth-order valence-electron chi connectivity index (χ4n) is 4.71. The highest BCUT2D eigenvalue weighted by atomic mass is 35.5. The molecule has 5 rings (SSSR count). The van der Waals surface area contributed by atoms with Crippen molar-refractivity contribution in [3.8, 4) is 22.3 Å². The molecule has 2 heterocycles. The number of pyridine rings is 1. The number of aromatic nitrogens is 1. The van der Waals surface area contributed by atoms with E-state index in [-0.39, 0.29) is 6.04 Å². The number of fused-ring (bicyclic) bond motifs is 1. The lowest BCUT2D eigenvalue weighted by molar-refractivity contribution is 0.322. The highest BCUT2D eigenvalue weighted by Crippen LogP contribution is 2.40. The summed E-state index contributed by atoms with van der Waals surface area (Å²) >= 11 is 6.37. The molecule has 178 valence electrons. The molecule has 1 aliphatic rings. The fourth-order valence-corrected chi connectivity index (χ4v) is 4.93. The van der Waals surface area contributed by atoms with Gasteiger partial charge in [-0.2, -0.15) is 0 Å². The Morgan fingerprint density at radius 1 is 1.00 bits per heavy atom. The maximum Gasteiger partial charge on any atom is 0.126 e. The van der Waals surface area contributed by atoms with Gasteiger partial charge in [0.05, 0.1) is 22.4 Å². The molecule has 0 radical (unpaired) electrons. The standard InChI is InChI=1S/C27H23ClF2N4O/c28-25-3-1-2-21(24(25)15-33-35)16-4-5-26-22(12-16)27(34-8-6-20(31)7-9-34)23(14-32-26)17-10-18(29)13-19(30)11-17/h1-5,10-15,20,35H,6-9,31H2. The van der Waals surface area contributed by atoms with Gasteiger partial charge in [0.1, 0.15) is 11.6 Å². The molecule has 0 aliphatic carbocycles. The van der Waals surface area contributed by atoms with Gasteiger partial charge in [-0.25, -0.2) is 8.78 Å². The summed E-state index contributed by atoms with van der Waals surface area (Å²) in [6.45, 7) is 1.43. The normalized spacial score (nSPS) is 14.8. The van der Waals surface area contributed by atoms with E-state index in [0.29, 0.717) is 21.7 Å². The highest BCUT2D eigenvalue weighted by molar-refractivity contribution is 6.33. The topological polar surface area (TPSA) is 74.7 Å². The molecule has 35 heavy (non-hydrogen) atoms. The maximum atomic E-state index is 14.2. The van der Waals surface area contributed by atoms with E-state index in [4.69, 9.17) is 22.5 Å². The quantitative estimate of drug-likeness (QED) is 0.201. The minimum Gasteiger partial charge on any atom is -0.411 e. The van der Waals surface area contributed by atoms with Crippen molar-refractivity contribution < 1.29 is 14.0 Å². The lowest BCUT2D eigenvalue weighted by Crippen LogP contribution is -2.40. The summed E-state index contributed by atoms with van der Waals surface area (Å²) in [6.07, 6.45) is 4.60. The van der Waals surface area contributed by atoms with Gasteiger partial charge in [-0.05, 0) is 59.9 Å². The van der Waals surface area contributed by atoms with E-state index in [1.165, 1.54) is 18.3 Å². The van der Waals surface area contributed by atoms with Gasteiger partial charge < -0.3 is 15.8 Å². The molecule has 5 nitrogen and oxygen atoms in total. The molecular weight excluding hydrogens is 470 g/mol. The fraction of sp³-hybridized carbons (Fsp3) is 0.185. The second-order valence-electron chi connectivity index (χ2n) is 8.68. The third kappa shape index (κ3) is 4.57. The van der Waals surface area contributed by atoms with E-state index in [1.807, 2.05) is 30.3 Å². The van der Waals surface area contributed by atoms with Gasteiger partial charge in [0.2, 0.25) is 0 Å². The molecule has 1 saturated heterocycles. The minimum absolute atomic E-state index is 0.122. The van der Waals surface area contributed by atoms with Crippen molar-refractivity contribution >= 4 is 34.4 Å². The molecule has 3 N–H and O–H groups in total. The summed E-state index contributed by atoms with van der Waals surface area (Å²) < 4.78 is 28.3. The zero-order chi connectivity index (χ0) is 24.5. The Morgan fingerprint density at radius 3 is 2.46 bits per heavy atom. The summed E-state index contributed by atoms with van der Waals surface area (Å²) in [5.74, 6) is -1.29. The Bertz CT molecular complexity index is 1410. The number of hydrogen-bond acceptors (Lipinski definition) is 5. The van der Waals surface area contributed by atoms with E-state index < -0.39 is 11.6 Å². The van der Waals surface area contributed by atoms with Gasteiger partial charge in [-0.1, -0.05) is 35.0 Å². The van der Waals surface area contributed by atoms with Crippen LogP contribution in [0.25, 0.3) is 33.2 Å². The molecule has 0 amide bonds. The smallest absolute Gasteiger partial charge is 0.126 e. The number of nitrogens with zero attached hydrogens (tertiary/aromatic N) is 3. The van der Waals surface area contributed by atoms with Crippen molar-refractivity contribution in [1.29, 1.82) is 0 Å². The number of oxime groups is 1. The van der Waals surface area contributed by atoms with Crippen LogP contribution in [0.2, 0.25) is 5.02 Å². The predicted octanol–water partition coefficient (Wildman–Crippen LogP) is 6.24. The molecule has 1 aromatic heterocycles. The lowest BCUT2D eigenvalue weighted by Gasteiger charge is -2.34. The SMILES string of the molecule is NC1CCN(c2c(-c3cc(F)cc(F)c3)cnc3ccc(-c4cccc(Cl)c4C=NO)cc23)CC1. The first kappa shape index (κ1) is 23.2. The molecule has 1 aliphatic heterocycles. The van der Waals surface area contributed by atoms with Gasteiger partial charge in [-0.3, -0.25) is 4.98 Å². The Morgan fingerprint density at radius 2 is 1.74 bits per heavy atom. The Hall–Kier alpha value is -3.55. The second kappa shape index (κ2) is 9.60. The van der Waals surface area contributed by atoms with Crippen LogP contribution in [-0.4, -0.2) is 35.5 Å². The van der Waals surface area contributed by atoms with Crippen molar-refractivity contribution in [3.05, 3.63) is 83.0 Å². The summed E-state index contributed by atoms with van der Waals surface area (Å²) in [5, 5.41) is 13.6. The largest absolute Gasteiger partial charge is 0.411 e. The molecule has 0 spiro atoms. The lowest BCUT2D eigenvalue weighted by atomic mass is 9.95. The average molecular weight is 493 g/mol. The van der Waals surface area contributed by atoms with Crippen molar-refractivity contribution in [1.82, 2.24) is 4.98 Å². The first-order valence-corrected chi connectivity index (χ1v) is 11.7. The van der Waals surface area contributed by atoms with Crippen LogP contribution < -0.4 is 10.6 Å². The maximum absolute atomic E-state index is 14.2. The molecule has 3 aromatic carbocycles. The van der Waals surface area contributed by atoms with Gasteiger partial charge in [0.25, 0.3) is 0 Å². The van der Waals surface area contributed by atoms with Crippen LogP contribution in [0.15, 0.2) is 65.9 Å². The van der Waals surface area contributed by atoms with Crippen LogP contribution in [0, 0.1) is 11.6 Å². The number of hydrogen-bond donors (Lipinski definition) is 2. The van der Waals surface area contributed by atoms with Crippen LogP contribution >= 0.6 is 11.6 Å². The molecule has 4 aromatic rings. The summed E-state index contributed by atoms with van der Waals surface area (Å²) in [6, 6.07) is 14.9.